The van der Waals surface area contributed by atoms with E-state index in [0.717, 1.165) is 24.8 Å². The van der Waals surface area contributed by atoms with Crippen LogP contribution in [0.4, 0.5) is 0 Å². The molecule has 4 heteroatoms. The van der Waals surface area contributed by atoms with Crippen LogP contribution in [0.3, 0.4) is 0 Å². The summed E-state index contributed by atoms with van der Waals surface area (Å²) in [6, 6.07) is 14.7. The number of carbonyl (C=O) groups excluding carboxylic acids is 1. The van der Waals surface area contributed by atoms with E-state index in [9.17, 15) is 4.79 Å². The number of aryl methyl sites for hydroxylation is 1. The molecule has 3 nitrogen and oxygen atoms in total. The van der Waals surface area contributed by atoms with Crippen molar-refractivity contribution in [2.24, 2.45) is 0 Å². The summed E-state index contributed by atoms with van der Waals surface area (Å²) in [6.45, 7) is 2.17. The molecule has 1 aliphatic carbocycles. The topological polar surface area (TPSA) is 44.9 Å². The van der Waals surface area contributed by atoms with Crippen molar-refractivity contribution in [2.45, 2.75) is 63.8 Å². The van der Waals surface area contributed by atoms with Gasteiger partial charge in [0, 0.05) is 40.5 Å². The third-order valence-electron chi connectivity index (χ3n) is 6.22. The number of halogens is 1. The minimum absolute atomic E-state index is 0.00304. The summed E-state index contributed by atoms with van der Waals surface area (Å²) in [5.74, 6) is 0.134. The smallest absolute Gasteiger partial charge is 0.221 e. The third kappa shape index (κ3) is 4.51. The Bertz CT molecular complexity index is 970. The van der Waals surface area contributed by atoms with Gasteiger partial charge in [-0.1, -0.05) is 68.1 Å². The highest BCUT2D eigenvalue weighted by atomic mass is 35.5. The van der Waals surface area contributed by atoms with Crippen LogP contribution in [0.15, 0.2) is 48.7 Å². The average Bonchev–Trinajstić information content (AvgIpc) is 3.17. The van der Waals surface area contributed by atoms with Crippen LogP contribution in [0.25, 0.3) is 10.9 Å². The first-order chi connectivity index (χ1) is 14.2. The van der Waals surface area contributed by atoms with E-state index in [4.69, 9.17) is 11.6 Å². The molecule has 2 N–H and O–H groups in total. The fraction of sp³-hybridized carbons (Fsp3) is 0.400. The highest BCUT2D eigenvalue weighted by Crippen LogP contribution is 2.35. The van der Waals surface area contributed by atoms with Gasteiger partial charge in [-0.3, -0.25) is 4.79 Å². The van der Waals surface area contributed by atoms with E-state index >= 15 is 0 Å². The first-order valence-corrected chi connectivity index (χ1v) is 11.2. The van der Waals surface area contributed by atoms with E-state index in [1.54, 1.807) is 0 Å². The summed E-state index contributed by atoms with van der Waals surface area (Å²) in [4.78, 5) is 16.4. The Morgan fingerprint density at radius 3 is 2.62 bits per heavy atom. The first kappa shape index (κ1) is 20.0. The van der Waals surface area contributed by atoms with E-state index in [-0.39, 0.29) is 11.8 Å². The molecule has 0 saturated heterocycles. The molecule has 1 aromatic heterocycles. The first-order valence-electron chi connectivity index (χ1n) is 10.8. The molecule has 0 spiro atoms. The lowest BCUT2D eigenvalue weighted by atomic mass is 9.87. The maximum absolute atomic E-state index is 13.0. The standard InChI is InChI=1S/C25H29ClN2O/c1-2-17-7-6-10-21-23(16-27-25(17)21)22(18-11-13-19(26)14-12-18)15-24(29)28-20-8-4-3-5-9-20/h6-7,10-14,16,20,22,27H,2-5,8-9,15H2,1H3,(H,28,29)/t22-/m0/s1. The molecule has 1 heterocycles. The zero-order valence-corrected chi connectivity index (χ0v) is 17.8. The van der Waals surface area contributed by atoms with Gasteiger partial charge in [0.1, 0.15) is 0 Å². The number of hydrogen-bond donors (Lipinski definition) is 2. The molecule has 0 bridgehead atoms. The van der Waals surface area contributed by atoms with E-state index in [1.165, 1.54) is 41.3 Å². The lowest BCUT2D eigenvalue weighted by Gasteiger charge is -2.24. The summed E-state index contributed by atoms with van der Waals surface area (Å²) in [5, 5.41) is 5.21. The molecule has 152 valence electrons. The van der Waals surface area contributed by atoms with Gasteiger partial charge in [-0.15, -0.1) is 0 Å². The molecular formula is C25H29ClN2O. The molecule has 4 rings (SSSR count). The van der Waals surface area contributed by atoms with Gasteiger partial charge < -0.3 is 10.3 Å². The van der Waals surface area contributed by atoms with Gasteiger partial charge in [0.15, 0.2) is 0 Å². The third-order valence-corrected chi connectivity index (χ3v) is 6.47. The number of benzene rings is 2. The second-order valence-electron chi connectivity index (χ2n) is 8.15. The summed E-state index contributed by atoms with van der Waals surface area (Å²) >= 11 is 6.12. The lowest BCUT2D eigenvalue weighted by Crippen LogP contribution is -2.36. The number of hydrogen-bond acceptors (Lipinski definition) is 1. The SMILES string of the molecule is CCc1cccc2c([C@@H](CC(=O)NC3CCCCC3)c3ccc(Cl)cc3)c[nH]c12. The number of para-hydroxylation sites is 1. The van der Waals surface area contributed by atoms with Gasteiger partial charge in [-0.2, -0.15) is 0 Å². The molecular weight excluding hydrogens is 380 g/mol. The molecule has 1 amide bonds. The number of nitrogens with one attached hydrogen (secondary N) is 2. The molecule has 0 aliphatic heterocycles. The van der Waals surface area contributed by atoms with Crippen LogP contribution in [0, 0.1) is 0 Å². The van der Waals surface area contributed by atoms with Crippen molar-refractivity contribution in [3.05, 3.63) is 70.4 Å². The fourth-order valence-electron chi connectivity index (χ4n) is 4.64. The quantitative estimate of drug-likeness (QED) is 0.490. The molecule has 1 saturated carbocycles. The van der Waals surface area contributed by atoms with Crippen LogP contribution in [0.2, 0.25) is 5.02 Å². The fourth-order valence-corrected chi connectivity index (χ4v) is 4.77. The predicted molar refractivity (Wildman–Crippen MR) is 121 cm³/mol. The van der Waals surface area contributed by atoms with Crippen molar-refractivity contribution in [3.63, 3.8) is 0 Å². The minimum Gasteiger partial charge on any atom is -0.361 e. The number of aromatic amines is 1. The van der Waals surface area contributed by atoms with Crippen LogP contribution >= 0.6 is 11.6 Å². The largest absolute Gasteiger partial charge is 0.361 e. The Labute approximate surface area is 177 Å². The van der Waals surface area contributed by atoms with Gasteiger partial charge in [-0.25, -0.2) is 0 Å². The van der Waals surface area contributed by atoms with Crippen molar-refractivity contribution in [3.8, 4) is 0 Å². The number of H-pyrrole nitrogens is 1. The zero-order valence-electron chi connectivity index (χ0n) is 17.0. The Hall–Kier alpha value is -2.26. The highest BCUT2D eigenvalue weighted by Gasteiger charge is 2.24. The predicted octanol–water partition coefficient (Wildman–Crippen LogP) is 6.35. The second-order valence-corrected chi connectivity index (χ2v) is 8.58. The maximum Gasteiger partial charge on any atom is 0.221 e. The molecule has 1 fully saturated rings. The minimum atomic E-state index is -0.00304. The van der Waals surface area contributed by atoms with Crippen molar-refractivity contribution >= 4 is 28.4 Å². The molecule has 1 atom stereocenters. The number of aromatic nitrogens is 1. The van der Waals surface area contributed by atoms with Gasteiger partial charge in [0.25, 0.3) is 0 Å². The lowest BCUT2D eigenvalue weighted by molar-refractivity contribution is -0.122. The second kappa shape index (κ2) is 9.04. The number of carbonyl (C=O) groups is 1. The molecule has 0 radical (unpaired) electrons. The molecule has 29 heavy (non-hydrogen) atoms. The van der Waals surface area contributed by atoms with E-state index in [1.807, 2.05) is 24.3 Å². The Kier molecular flexibility index (Phi) is 6.25. The summed E-state index contributed by atoms with van der Waals surface area (Å²) in [6.07, 6.45) is 9.43. The zero-order chi connectivity index (χ0) is 20.2. The van der Waals surface area contributed by atoms with Crippen LogP contribution in [0.1, 0.15) is 68.1 Å². The number of rotatable bonds is 6. The monoisotopic (exact) mass is 408 g/mol. The van der Waals surface area contributed by atoms with Crippen molar-refractivity contribution in [1.29, 1.82) is 0 Å². The molecule has 2 aromatic carbocycles. The van der Waals surface area contributed by atoms with Crippen molar-refractivity contribution < 1.29 is 4.79 Å². The van der Waals surface area contributed by atoms with Crippen LogP contribution < -0.4 is 5.32 Å². The van der Waals surface area contributed by atoms with Crippen LogP contribution in [0.5, 0.6) is 0 Å². The Morgan fingerprint density at radius 2 is 1.90 bits per heavy atom. The summed E-state index contributed by atoms with van der Waals surface area (Å²) < 4.78 is 0. The van der Waals surface area contributed by atoms with Gasteiger partial charge in [-0.05, 0) is 48.1 Å². The normalized spacial score (nSPS) is 16.1. The molecule has 3 aromatic rings. The van der Waals surface area contributed by atoms with Crippen LogP contribution in [-0.2, 0) is 11.2 Å². The summed E-state index contributed by atoms with van der Waals surface area (Å²) in [7, 11) is 0. The Morgan fingerprint density at radius 1 is 1.14 bits per heavy atom. The maximum atomic E-state index is 13.0. The average molecular weight is 409 g/mol. The van der Waals surface area contributed by atoms with E-state index in [0.29, 0.717) is 17.5 Å². The molecule has 0 unspecified atom stereocenters. The molecule has 1 aliphatic rings. The van der Waals surface area contributed by atoms with Gasteiger partial charge in [0.05, 0.1) is 0 Å². The number of amides is 1. The number of fused-ring (bicyclic) bond motifs is 1. The van der Waals surface area contributed by atoms with E-state index in [2.05, 4.69) is 41.6 Å². The van der Waals surface area contributed by atoms with Crippen LogP contribution in [-0.4, -0.2) is 16.9 Å². The van der Waals surface area contributed by atoms with Crippen molar-refractivity contribution in [2.75, 3.05) is 0 Å². The summed E-state index contributed by atoms with van der Waals surface area (Å²) in [5.41, 5.74) is 4.78. The highest BCUT2D eigenvalue weighted by molar-refractivity contribution is 6.30. The van der Waals surface area contributed by atoms with Gasteiger partial charge in [0.2, 0.25) is 5.91 Å². The Balaban J connectivity index is 1.65. The van der Waals surface area contributed by atoms with E-state index < -0.39 is 0 Å². The van der Waals surface area contributed by atoms with Crippen molar-refractivity contribution in [1.82, 2.24) is 10.3 Å². The van der Waals surface area contributed by atoms with Gasteiger partial charge >= 0.3 is 0 Å².